The van der Waals surface area contributed by atoms with Gasteiger partial charge in [-0.25, -0.2) is 9.59 Å². The Bertz CT molecular complexity index is 458. The predicted octanol–water partition coefficient (Wildman–Crippen LogP) is 4.46. The molecule has 0 aromatic rings. The summed E-state index contributed by atoms with van der Waals surface area (Å²) in [6.45, 7) is 17.5. The van der Waals surface area contributed by atoms with Crippen molar-refractivity contribution in [2.45, 2.75) is 86.4 Å². The van der Waals surface area contributed by atoms with Crippen molar-refractivity contribution >= 4 is 18.1 Å². The van der Waals surface area contributed by atoms with Crippen LogP contribution in [0.2, 0.25) is 0 Å². The van der Waals surface area contributed by atoms with E-state index < -0.39 is 23.4 Å². The van der Waals surface area contributed by atoms with E-state index >= 15 is 0 Å². The molecule has 0 rings (SSSR count). The summed E-state index contributed by atoms with van der Waals surface area (Å²) in [5.41, 5.74) is -1.30. The van der Waals surface area contributed by atoms with Gasteiger partial charge in [-0.05, 0) is 53.4 Å². The molecule has 152 valence electrons. The Kier molecular flexibility index (Phi) is 9.67. The number of rotatable bonds is 5. The Balaban J connectivity index is 5.16. The zero-order valence-corrected chi connectivity index (χ0v) is 17.9. The van der Waals surface area contributed by atoms with Gasteiger partial charge in [-0.2, -0.15) is 0 Å². The Hall–Kier alpha value is -1.79. The summed E-state index contributed by atoms with van der Waals surface area (Å²) in [6, 6.07) is 0. The smallest absolute Gasteiger partial charge is 0.414 e. The summed E-state index contributed by atoms with van der Waals surface area (Å²) >= 11 is 0. The summed E-state index contributed by atoms with van der Waals surface area (Å²) in [4.78, 5) is 28.5. The Morgan fingerprint density at radius 1 is 0.885 bits per heavy atom. The Morgan fingerprint density at radius 3 is 1.62 bits per heavy atom. The molecule has 0 saturated heterocycles. The van der Waals surface area contributed by atoms with E-state index in [0.717, 1.165) is 12.8 Å². The van der Waals surface area contributed by atoms with Crippen molar-refractivity contribution in [1.29, 1.82) is 0 Å². The van der Waals surface area contributed by atoms with Gasteiger partial charge in [0.1, 0.15) is 11.2 Å². The number of ether oxygens (including phenoxy) is 2. The Labute approximate surface area is 158 Å². The van der Waals surface area contributed by atoms with Gasteiger partial charge in [0.15, 0.2) is 0 Å². The first-order valence-corrected chi connectivity index (χ1v) is 9.31. The van der Waals surface area contributed by atoms with E-state index in [1.807, 2.05) is 0 Å². The van der Waals surface area contributed by atoms with Gasteiger partial charge in [0, 0.05) is 6.54 Å². The molecule has 2 unspecified atom stereocenters. The van der Waals surface area contributed by atoms with Crippen molar-refractivity contribution in [2.24, 2.45) is 16.8 Å². The van der Waals surface area contributed by atoms with Crippen molar-refractivity contribution in [3.63, 3.8) is 0 Å². The van der Waals surface area contributed by atoms with Crippen LogP contribution in [0.4, 0.5) is 9.59 Å². The van der Waals surface area contributed by atoms with Crippen LogP contribution < -0.4 is 10.6 Å². The first-order valence-electron chi connectivity index (χ1n) is 9.31. The van der Waals surface area contributed by atoms with E-state index in [1.165, 1.54) is 0 Å². The van der Waals surface area contributed by atoms with Crippen LogP contribution in [-0.2, 0) is 9.47 Å². The largest absolute Gasteiger partial charge is 0.444 e. The standard InChI is InChI=1S/C19H37N3O4/c1-10-13(3)14(11-2)12-20-15(21-16(23)25-18(4,5)6)22-17(24)26-19(7,8)9/h13-14H,10-12H2,1-9H3,(H2,20,21,22,23,24). The highest BCUT2D eigenvalue weighted by Gasteiger charge is 2.22. The van der Waals surface area contributed by atoms with Crippen LogP contribution in [0.1, 0.15) is 75.2 Å². The number of nitrogens with zero attached hydrogens (tertiary/aromatic N) is 1. The van der Waals surface area contributed by atoms with Crippen molar-refractivity contribution in [1.82, 2.24) is 10.6 Å². The molecule has 2 atom stereocenters. The van der Waals surface area contributed by atoms with Gasteiger partial charge in [-0.1, -0.05) is 33.6 Å². The van der Waals surface area contributed by atoms with Crippen LogP contribution in [0, 0.1) is 11.8 Å². The lowest BCUT2D eigenvalue weighted by Crippen LogP contribution is -2.47. The summed E-state index contributed by atoms with van der Waals surface area (Å²) < 4.78 is 10.5. The lowest BCUT2D eigenvalue weighted by Gasteiger charge is -2.23. The van der Waals surface area contributed by atoms with Crippen LogP contribution in [-0.4, -0.2) is 35.9 Å². The van der Waals surface area contributed by atoms with E-state index in [4.69, 9.17) is 9.47 Å². The van der Waals surface area contributed by atoms with Crippen molar-refractivity contribution in [3.05, 3.63) is 0 Å². The topological polar surface area (TPSA) is 89.0 Å². The van der Waals surface area contributed by atoms with Crippen molar-refractivity contribution in [3.8, 4) is 0 Å². The fraction of sp³-hybridized carbons (Fsp3) is 0.842. The van der Waals surface area contributed by atoms with Gasteiger partial charge in [0.05, 0.1) is 0 Å². The SMILES string of the molecule is CCC(C)C(CC)CN=C(NC(=O)OC(C)(C)C)NC(=O)OC(C)(C)C. The fourth-order valence-electron chi connectivity index (χ4n) is 2.16. The third-order valence-electron chi connectivity index (χ3n) is 3.70. The molecule has 0 aliphatic heterocycles. The van der Waals surface area contributed by atoms with Gasteiger partial charge in [0.25, 0.3) is 0 Å². The molecule has 0 aromatic heterocycles. The maximum absolute atomic E-state index is 12.0. The fourth-order valence-corrected chi connectivity index (χ4v) is 2.16. The van der Waals surface area contributed by atoms with Crippen LogP contribution in [0.25, 0.3) is 0 Å². The molecule has 0 aromatic carbocycles. The molecule has 0 aliphatic rings. The molecule has 7 heteroatoms. The van der Waals surface area contributed by atoms with Crippen LogP contribution in [0.3, 0.4) is 0 Å². The normalized spacial score (nSPS) is 14.0. The minimum Gasteiger partial charge on any atom is -0.444 e. The second-order valence-corrected chi connectivity index (χ2v) is 8.50. The Morgan fingerprint density at radius 2 is 1.31 bits per heavy atom. The highest BCUT2D eigenvalue weighted by molar-refractivity contribution is 6.01. The zero-order valence-electron chi connectivity index (χ0n) is 17.9. The molecule has 0 saturated carbocycles. The molecule has 2 N–H and O–H groups in total. The maximum Gasteiger partial charge on any atom is 0.414 e. The van der Waals surface area contributed by atoms with Crippen molar-refractivity contribution < 1.29 is 19.1 Å². The number of guanidine groups is 1. The first-order chi connectivity index (χ1) is 11.8. The summed E-state index contributed by atoms with van der Waals surface area (Å²) in [5.74, 6) is 0.888. The van der Waals surface area contributed by atoms with Gasteiger partial charge in [-0.3, -0.25) is 15.6 Å². The number of hydrogen-bond donors (Lipinski definition) is 2. The summed E-state index contributed by atoms with van der Waals surface area (Å²) in [5, 5.41) is 5.01. The number of hydrogen-bond acceptors (Lipinski definition) is 5. The molecule has 0 spiro atoms. The van der Waals surface area contributed by atoms with E-state index in [-0.39, 0.29) is 5.96 Å². The first kappa shape index (κ1) is 24.2. The molecule has 0 heterocycles. The second-order valence-electron chi connectivity index (χ2n) is 8.50. The summed E-state index contributed by atoms with van der Waals surface area (Å²) in [7, 11) is 0. The van der Waals surface area contributed by atoms with Crippen LogP contribution in [0.15, 0.2) is 4.99 Å². The quantitative estimate of drug-likeness (QED) is 0.551. The maximum atomic E-state index is 12.0. The number of alkyl carbamates (subject to hydrolysis) is 2. The van der Waals surface area contributed by atoms with Gasteiger partial charge in [0.2, 0.25) is 5.96 Å². The molecule has 0 bridgehead atoms. The van der Waals surface area contributed by atoms with E-state index in [2.05, 4.69) is 36.4 Å². The average Bonchev–Trinajstić information content (AvgIpc) is 2.42. The van der Waals surface area contributed by atoms with E-state index in [0.29, 0.717) is 18.4 Å². The third-order valence-corrected chi connectivity index (χ3v) is 3.70. The molecule has 26 heavy (non-hydrogen) atoms. The van der Waals surface area contributed by atoms with Crippen molar-refractivity contribution in [2.75, 3.05) is 6.54 Å². The molecule has 0 fully saturated rings. The van der Waals surface area contributed by atoms with Gasteiger partial charge >= 0.3 is 12.2 Å². The molecule has 0 radical (unpaired) electrons. The number of amides is 2. The zero-order chi connectivity index (χ0) is 20.5. The van der Waals surface area contributed by atoms with Crippen LogP contribution in [0.5, 0.6) is 0 Å². The average molecular weight is 372 g/mol. The van der Waals surface area contributed by atoms with E-state index in [1.54, 1.807) is 41.5 Å². The van der Waals surface area contributed by atoms with Gasteiger partial charge in [-0.15, -0.1) is 0 Å². The predicted molar refractivity (Wildman–Crippen MR) is 104 cm³/mol. The molecular formula is C19H37N3O4. The lowest BCUT2D eigenvalue weighted by atomic mass is 9.90. The van der Waals surface area contributed by atoms with Gasteiger partial charge < -0.3 is 9.47 Å². The second kappa shape index (κ2) is 10.4. The monoisotopic (exact) mass is 371 g/mol. The highest BCUT2D eigenvalue weighted by Crippen LogP contribution is 2.18. The molecule has 7 nitrogen and oxygen atoms in total. The number of aliphatic imine (C=N–C) groups is 1. The highest BCUT2D eigenvalue weighted by atomic mass is 16.6. The van der Waals surface area contributed by atoms with E-state index in [9.17, 15) is 9.59 Å². The molecule has 2 amide bonds. The number of carbonyl (C=O) groups excluding carboxylic acids is 2. The lowest BCUT2D eigenvalue weighted by molar-refractivity contribution is 0.0545. The molecule has 0 aliphatic carbocycles. The summed E-state index contributed by atoms with van der Waals surface area (Å²) in [6.07, 6.45) is 0.653. The third kappa shape index (κ3) is 11.7. The van der Waals surface area contributed by atoms with Crippen LogP contribution >= 0.6 is 0 Å². The molecular weight excluding hydrogens is 334 g/mol. The number of nitrogens with one attached hydrogen (secondary N) is 2. The minimum absolute atomic E-state index is 0.0373. The number of carbonyl (C=O) groups is 2. The minimum atomic E-state index is -0.677.